The number of nitrogens with zero attached hydrogens (tertiary/aromatic N) is 3. The molecule has 1 saturated heterocycles. The van der Waals surface area contributed by atoms with Crippen LogP contribution in [-0.4, -0.2) is 45.1 Å². The highest BCUT2D eigenvalue weighted by molar-refractivity contribution is 5.94. The van der Waals surface area contributed by atoms with E-state index in [2.05, 4.69) is 22.1 Å². The Labute approximate surface area is 148 Å². The van der Waals surface area contributed by atoms with E-state index in [9.17, 15) is 9.90 Å². The SMILES string of the molecule is Cc1ncncc1C(=O)N1CCC([C@@H](O)CCc2ccccc2)CC1. The minimum absolute atomic E-state index is 0.00433. The molecular formula is C20H25N3O2. The molecule has 1 N–H and O–H groups in total. The molecule has 3 rings (SSSR count). The fourth-order valence-electron chi connectivity index (χ4n) is 3.45. The number of hydrogen-bond acceptors (Lipinski definition) is 4. The number of hydrogen-bond donors (Lipinski definition) is 1. The summed E-state index contributed by atoms with van der Waals surface area (Å²) in [5, 5.41) is 10.5. The van der Waals surface area contributed by atoms with E-state index < -0.39 is 0 Å². The molecule has 0 saturated carbocycles. The summed E-state index contributed by atoms with van der Waals surface area (Å²) in [6.07, 6.45) is 6.09. The highest BCUT2D eigenvalue weighted by atomic mass is 16.3. The van der Waals surface area contributed by atoms with Crippen LogP contribution in [0.4, 0.5) is 0 Å². The predicted molar refractivity (Wildman–Crippen MR) is 96.2 cm³/mol. The van der Waals surface area contributed by atoms with Gasteiger partial charge in [-0.25, -0.2) is 9.97 Å². The van der Waals surface area contributed by atoms with Crippen LogP contribution in [0.25, 0.3) is 0 Å². The molecule has 0 unspecified atom stereocenters. The Morgan fingerprint density at radius 2 is 2.00 bits per heavy atom. The third-order valence-corrected chi connectivity index (χ3v) is 5.08. The standard InChI is InChI=1S/C20H25N3O2/c1-15-18(13-21-14-22-15)20(25)23-11-9-17(10-12-23)19(24)8-7-16-5-3-2-4-6-16/h2-6,13-14,17,19,24H,7-12H2,1H3/t19-/m0/s1. The maximum Gasteiger partial charge on any atom is 0.257 e. The lowest BCUT2D eigenvalue weighted by atomic mass is 9.88. The van der Waals surface area contributed by atoms with Gasteiger partial charge in [0.25, 0.3) is 5.91 Å². The largest absolute Gasteiger partial charge is 0.393 e. The van der Waals surface area contributed by atoms with Crippen molar-refractivity contribution in [2.75, 3.05) is 13.1 Å². The average molecular weight is 339 g/mol. The Kier molecular flexibility index (Phi) is 5.76. The zero-order valence-electron chi connectivity index (χ0n) is 14.6. The van der Waals surface area contributed by atoms with Gasteiger partial charge in [-0.15, -0.1) is 0 Å². The molecule has 1 aliphatic rings. The number of aryl methyl sites for hydroxylation is 2. The Bertz CT molecular complexity index is 697. The Hall–Kier alpha value is -2.27. The molecule has 0 aliphatic carbocycles. The second-order valence-corrected chi connectivity index (χ2v) is 6.74. The van der Waals surface area contributed by atoms with E-state index in [0.717, 1.165) is 25.7 Å². The van der Waals surface area contributed by atoms with Gasteiger partial charge in [-0.2, -0.15) is 0 Å². The number of rotatable bonds is 5. The molecule has 0 bridgehead atoms. The van der Waals surface area contributed by atoms with Gasteiger partial charge in [0.2, 0.25) is 0 Å². The van der Waals surface area contributed by atoms with Crippen molar-refractivity contribution in [2.24, 2.45) is 5.92 Å². The van der Waals surface area contributed by atoms with Gasteiger partial charge in [0, 0.05) is 19.3 Å². The Morgan fingerprint density at radius 1 is 1.28 bits per heavy atom. The van der Waals surface area contributed by atoms with Crippen LogP contribution in [0.2, 0.25) is 0 Å². The van der Waals surface area contributed by atoms with Crippen molar-refractivity contribution >= 4 is 5.91 Å². The third-order valence-electron chi connectivity index (χ3n) is 5.08. The lowest BCUT2D eigenvalue weighted by Crippen LogP contribution is -2.41. The zero-order chi connectivity index (χ0) is 17.6. The second kappa shape index (κ2) is 8.21. The van der Waals surface area contributed by atoms with Crippen LogP contribution in [0.1, 0.15) is 40.9 Å². The van der Waals surface area contributed by atoms with Crippen LogP contribution in [0.3, 0.4) is 0 Å². The van der Waals surface area contributed by atoms with Crippen LogP contribution in [0.5, 0.6) is 0 Å². The summed E-state index contributed by atoms with van der Waals surface area (Å²) < 4.78 is 0. The quantitative estimate of drug-likeness (QED) is 0.909. The molecule has 1 fully saturated rings. The van der Waals surface area contributed by atoms with E-state index in [1.165, 1.54) is 11.9 Å². The fraction of sp³-hybridized carbons (Fsp3) is 0.450. The van der Waals surface area contributed by atoms with Crippen molar-refractivity contribution in [2.45, 2.75) is 38.7 Å². The maximum atomic E-state index is 12.6. The average Bonchev–Trinajstić information content (AvgIpc) is 2.67. The van der Waals surface area contributed by atoms with Crippen LogP contribution < -0.4 is 0 Å². The maximum absolute atomic E-state index is 12.6. The molecule has 1 aliphatic heterocycles. The summed E-state index contributed by atoms with van der Waals surface area (Å²) in [7, 11) is 0. The number of carbonyl (C=O) groups excluding carboxylic acids is 1. The van der Waals surface area contributed by atoms with Crippen LogP contribution >= 0.6 is 0 Å². The first-order chi connectivity index (χ1) is 12.1. The number of likely N-dealkylation sites (tertiary alicyclic amines) is 1. The van der Waals surface area contributed by atoms with Gasteiger partial charge in [-0.05, 0) is 44.1 Å². The fourth-order valence-corrected chi connectivity index (χ4v) is 3.45. The van der Waals surface area contributed by atoms with Gasteiger partial charge in [-0.3, -0.25) is 4.79 Å². The summed E-state index contributed by atoms with van der Waals surface area (Å²) in [4.78, 5) is 22.5. The van der Waals surface area contributed by atoms with E-state index in [1.54, 1.807) is 6.20 Å². The van der Waals surface area contributed by atoms with Gasteiger partial charge in [0.1, 0.15) is 6.33 Å². The van der Waals surface area contributed by atoms with E-state index >= 15 is 0 Å². The lowest BCUT2D eigenvalue weighted by Gasteiger charge is -2.34. The monoisotopic (exact) mass is 339 g/mol. The highest BCUT2D eigenvalue weighted by Crippen LogP contribution is 2.24. The summed E-state index contributed by atoms with van der Waals surface area (Å²) in [5.74, 6) is 0.260. The molecule has 2 heterocycles. The Balaban J connectivity index is 1.49. The minimum atomic E-state index is -0.306. The van der Waals surface area contributed by atoms with Crippen molar-refractivity contribution in [3.8, 4) is 0 Å². The van der Waals surface area contributed by atoms with Crippen molar-refractivity contribution < 1.29 is 9.90 Å². The first kappa shape index (κ1) is 17.5. The molecule has 1 aromatic carbocycles. The molecule has 1 amide bonds. The van der Waals surface area contributed by atoms with E-state index in [0.29, 0.717) is 24.3 Å². The summed E-state index contributed by atoms with van der Waals surface area (Å²) in [6, 6.07) is 10.3. The number of benzene rings is 1. The molecule has 0 spiro atoms. The molecule has 1 aromatic heterocycles. The number of amides is 1. The number of carbonyl (C=O) groups is 1. The van der Waals surface area contributed by atoms with Crippen molar-refractivity contribution in [1.29, 1.82) is 0 Å². The molecule has 2 aromatic rings. The minimum Gasteiger partial charge on any atom is -0.393 e. The van der Waals surface area contributed by atoms with Crippen molar-refractivity contribution in [3.05, 3.63) is 59.7 Å². The van der Waals surface area contributed by atoms with Crippen molar-refractivity contribution in [3.63, 3.8) is 0 Å². The summed E-state index contributed by atoms with van der Waals surface area (Å²) in [6.45, 7) is 3.19. The van der Waals surface area contributed by atoms with E-state index in [-0.39, 0.29) is 17.9 Å². The van der Waals surface area contributed by atoms with Gasteiger partial charge in [0.15, 0.2) is 0 Å². The first-order valence-electron chi connectivity index (χ1n) is 8.93. The second-order valence-electron chi connectivity index (χ2n) is 6.74. The zero-order valence-corrected chi connectivity index (χ0v) is 14.6. The molecule has 132 valence electrons. The van der Waals surface area contributed by atoms with Gasteiger partial charge in [-0.1, -0.05) is 30.3 Å². The van der Waals surface area contributed by atoms with Crippen molar-refractivity contribution in [1.82, 2.24) is 14.9 Å². The third kappa shape index (κ3) is 4.42. The normalized spacial score (nSPS) is 16.6. The van der Waals surface area contributed by atoms with Gasteiger partial charge >= 0.3 is 0 Å². The number of aliphatic hydroxyl groups excluding tert-OH is 1. The molecular weight excluding hydrogens is 314 g/mol. The number of aromatic nitrogens is 2. The molecule has 5 nitrogen and oxygen atoms in total. The topological polar surface area (TPSA) is 66.3 Å². The summed E-state index contributed by atoms with van der Waals surface area (Å²) in [5.41, 5.74) is 2.55. The van der Waals surface area contributed by atoms with Gasteiger partial charge < -0.3 is 10.0 Å². The van der Waals surface area contributed by atoms with E-state index in [4.69, 9.17) is 0 Å². The number of piperidine rings is 1. The Morgan fingerprint density at radius 3 is 2.68 bits per heavy atom. The van der Waals surface area contributed by atoms with E-state index in [1.807, 2.05) is 30.0 Å². The molecule has 25 heavy (non-hydrogen) atoms. The summed E-state index contributed by atoms with van der Waals surface area (Å²) >= 11 is 0. The molecule has 5 heteroatoms. The number of aliphatic hydroxyl groups is 1. The van der Waals surface area contributed by atoms with Crippen LogP contribution in [-0.2, 0) is 6.42 Å². The molecule has 1 atom stereocenters. The van der Waals surface area contributed by atoms with Crippen LogP contribution in [0, 0.1) is 12.8 Å². The van der Waals surface area contributed by atoms with Crippen LogP contribution in [0.15, 0.2) is 42.9 Å². The lowest BCUT2D eigenvalue weighted by molar-refractivity contribution is 0.0436. The highest BCUT2D eigenvalue weighted by Gasteiger charge is 2.28. The predicted octanol–water partition coefficient (Wildman–Crippen LogP) is 2.63. The smallest absolute Gasteiger partial charge is 0.257 e. The first-order valence-corrected chi connectivity index (χ1v) is 8.93. The van der Waals surface area contributed by atoms with Gasteiger partial charge in [0.05, 0.1) is 17.4 Å². The molecule has 0 radical (unpaired) electrons.